The number of ether oxygens (including phenoxy) is 1. The Bertz CT molecular complexity index is 535. The third-order valence-corrected chi connectivity index (χ3v) is 3.56. The predicted molar refractivity (Wildman–Crippen MR) is 74.2 cm³/mol. The van der Waals surface area contributed by atoms with Crippen LogP contribution in [0.15, 0.2) is 35.7 Å². The van der Waals surface area contributed by atoms with Crippen LogP contribution < -0.4 is 5.32 Å². The van der Waals surface area contributed by atoms with Crippen molar-refractivity contribution in [2.24, 2.45) is 0 Å². The lowest BCUT2D eigenvalue weighted by molar-refractivity contribution is 0.0600. The second-order valence-corrected chi connectivity index (χ2v) is 4.99. The van der Waals surface area contributed by atoms with E-state index in [4.69, 9.17) is 4.74 Å². The number of aryl methyl sites for hydroxylation is 1. The number of rotatable bonds is 4. The Kier molecular flexibility index (Phi) is 3.99. The standard InChI is InChI=1S/C14H15NO2S/c1-10-8-11(14(16)17-2)5-6-13(10)15-9-12-4-3-7-18-12/h3-8,15H,9H2,1-2H3. The van der Waals surface area contributed by atoms with Gasteiger partial charge in [0.25, 0.3) is 0 Å². The first-order chi connectivity index (χ1) is 8.70. The van der Waals surface area contributed by atoms with Crippen molar-refractivity contribution in [2.75, 3.05) is 12.4 Å². The van der Waals surface area contributed by atoms with Gasteiger partial charge in [0.15, 0.2) is 0 Å². The maximum atomic E-state index is 11.4. The quantitative estimate of drug-likeness (QED) is 0.857. The molecule has 1 aromatic carbocycles. The highest BCUT2D eigenvalue weighted by Gasteiger charge is 2.07. The van der Waals surface area contributed by atoms with Gasteiger partial charge in [-0.05, 0) is 42.1 Å². The van der Waals surface area contributed by atoms with E-state index in [1.807, 2.05) is 25.1 Å². The molecule has 1 N–H and O–H groups in total. The molecule has 0 fully saturated rings. The Hall–Kier alpha value is -1.81. The van der Waals surface area contributed by atoms with Crippen molar-refractivity contribution in [1.82, 2.24) is 0 Å². The molecule has 0 saturated carbocycles. The maximum Gasteiger partial charge on any atom is 0.337 e. The SMILES string of the molecule is COC(=O)c1ccc(NCc2cccs2)c(C)c1. The Morgan fingerprint density at radius 2 is 2.22 bits per heavy atom. The number of thiophene rings is 1. The highest BCUT2D eigenvalue weighted by atomic mass is 32.1. The van der Waals surface area contributed by atoms with Gasteiger partial charge in [0.1, 0.15) is 0 Å². The van der Waals surface area contributed by atoms with Crippen LogP contribution in [0.1, 0.15) is 20.8 Å². The highest BCUT2D eigenvalue weighted by molar-refractivity contribution is 7.09. The number of hydrogen-bond acceptors (Lipinski definition) is 4. The molecule has 2 aromatic rings. The Morgan fingerprint density at radius 1 is 1.39 bits per heavy atom. The van der Waals surface area contributed by atoms with E-state index >= 15 is 0 Å². The molecule has 1 aromatic heterocycles. The van der Waals surface area contributed by atoms with E-state index in [1.54, 1.807) is 17.4 Å². The van der Waals surface area contributed by atoms with Crippen LogP contribution in [0.2, 0.25) is 0 Å². The molecule has 4 heteroatoms. The molecule has 0 atom stereocenters. The fourth-order valence-corrected chi connectivity index (χ4v) is 2.35. The number of benzene rings is 1. The Morgan fingerprint density at radius 3 is 2.83 bits per heavy atom. The lowest BCUT2D eigenvalue weighted by Crippen LogP contribution is -2.04. The lowest BCUT2D eigenvalue weighted by Gasteiger charge is -2.09. The molecule has 2 rings (SSSR count). The zero-order valence-electron chi connectivity index (χ0n) is 10.4. The molecule has 0 radical (unpaired) electrons. The molecule has 0 amide bonds. The molecule has 0 saturated heterocycles. The minimum absolute atomic E-state index is 0.303. The van der Waals surface area contributed by atoms with Gasteiger partial charge in [-0.1, -0.05) is 6.07 Å². The summed E-state index contributed by atoms with van der Waals surface area (Å²) in [5, 5.41) is 5.42. The molecule has 18 heavy (non-hydrogen) atoms. The van der Waals surface area contributed by atoms with Crippen LogP contribution >= 0.6 is 11.3 Å². The normalized spacial score (nSPS) is 10.1. The van der Waals surface area contributed by atoms with E-state index in [-0.39, 0.29) is 5.97 Å². The van der Waals surface area contributed by atoms with E-state index in [0.29, 0.717) is 5.56 Å². The predicted octanol–water partition coefficient (Wildman–Crippen LogP) is 3.46. The van der Waals surface area contributed by atoms with Crippen LogP contribution in [0.3, 0.4) is 0 Å². The molecule has 0 aliphatic heterocycles. The minimum atomic E-state index is -0.303. The number of carbonyl (C=O) groups is 1. The Labute approximate surface area is 110 Å². The summed E-state index contributed by atoms with van der Waals surface area (Å²) in [5.74, 6) is -0.303. The molecule has 0 aliphatic rings. The van der Waals surface area contributed by atoms with Gasteiger partial charge >= 0.3 is 5.97 Å². The van der Waals surface area contributed by atoms with E-state index in [9.17, 15) is 4.79 Å². The van der Waals surface area contributed by atoms with Crippen molar-refractivity contribution in [3.05, 3.63) is 51.7 Å². The van der Waals surface area contributed by atoms with Crippen molar-refractivity contribution >= 4 is 23.0 Å². The molecular weight excluding hydrogens is 246 g/mol. The summed E-state index contributed by atoms with van der Waals surface area (Å²) in [7, 11) is 1.39. The Balaban J connectivity index is 2.08. The van der Waals surface area contributed by atoms with Crippen molar-refractivity contribution in [3.63, 3.8) is 0 Å². The van der Waals surface area contributed by atoms with Crippen LogP contribution in [-0.2, 0) is 11.3 Å². The molecule has 0 aliphatic carbocycles. The maximum absolute atomic E-state index is 11.4. The first kappa shape index (κ1) is 12.6. The molecular formula is C14H15NO2S. The monoisotopic (exact) mass is 261 g/mol. The van der Waals surface area contributed by atoms with E-state index in [2.05, 4.69) is 16.8 Å². The van der Waals surface area contributed by atoms with Gasteiger partial charge in [-0.3, -0.25) is 0 Å². The largest absolute Gasteiger partial charge is 0.465 e. The number of esters is 1. The van der Waals surface area contributed by atoms with E-state index < -0.39 is 0 Å². The smallest absolute Gasteiger partial charge is 0.337 e. The van der Waals surface area contributed by atoms with Gasteiger partial charge < -0.3 is 10.1 Å². The number of nitrogens with one attached hydrogen (secondary N) is 1. The fourth-order valence-electron chi connectivity index (χ4n) is 1.70. The summed E-state index contributed by atoms with van der Waals surface area (Å²) >= 11 is 1.72. The number of carbonyl (C=O) groups excluding carboxylic acids is 1. The highest BCUT2D eigenvalue weighted by Crippen LogP contribution is 2.19. The van der Waals surface area contributed by atoms with Crippen LogP contribution in [0.25, 0.3) is 0 Å². The van der Waals surface area contributed by atoms with Gasteiger partial charge in [-0.2, -0.15) is 0 Å². The second-order valence-electron chi connectivity index (χ2n) is 3.95. The molecule has 0 unspecified atom stereocenters. The summed E-state index contributed by atoms with van der Waals surface area (Å²) in [6, 6.07) is 9.65. The molecule has 0 bridgehead atoms. The molecule has 94 valence electrons. The van der Waals surface area contributed by atoms with E-state index in [1.165, 1.54) is 12.0 Å². The first-order valence-electron chi connectivity index (χ1n) is 5.66. The zero-order chi connectivity index (χ0) is 13.0. The number of methoxy groups -OCH3 is 1. The van der Waals surface area contributed by atoms with Crippen LogP contribution in [0.4, 0.5) is 5.69 Å². The first-order valence-corrected chi connectivity index (χ1v) is 6.54. The van der Waals surface area contributed by atoms with Gasteiger partial charge in [0.2, 0.25) is 0 Å². The lowest BCUT2D eigenvalue weighted by atomic mass is 10.1. The van der Waals surface area contributed by atoms with Crippen LogP contribution in [0.5, 0.6) is 0 Å². The van der Waals surface area contributed by atoms with Crippen molar-refractivity contribution < 1.29 is 9.53 Å². The summed E-state index contributed by atoms with van der Waals surface area (Å²) in [4.78, 5) is 12.7. The van der Waals surface area contributed by atoms with Crippen molar-refractivity contribution in [1.29, 1.82) is 0 Å². The molecule has 0 spiro atoms. The summed E-state index contributed by atoms with van der Waals surface area (Å²) in [6.45, 7) is 2.78. The zero-order valence-corrected chi connectivity index (χ0v) is 11.2. The van der Waals surface area contributed by atoms with Crippen molar-refractivity contribution in [2.45, 2.75) is 13.5 Å². The summed E-state index contributed by atoms with van der Waals surface area (Å²) < 4.78 is 4.69. The second kappa shape index (κ2) is 5.69. The summed E-state index contributed by atoms with van der Waals surface area (Å²) in [6.07, 6.45) is 0. The number of anilines is 1. The average Bonchev–Trinajstić information content (AvgIpc) is 2.89. The van der Waals surface area contributed by atoms with Gasteiger partial charge in [-0.15, -0.1) is 11.3 Å². The van der Waals surface area contributed by atoms with Crippen molar-refractivity contribution in [3.8, 4) is 0 Å². The van der Waals surface area contributed by atoms with E-state index in [0.717, 1.165) is 17.8 Å². The van der Waals surface area contributed by atoms with Gasteiger partial charge in [0.05, 0.1) is 12.7 Å². The minimum Gasteiger partial charge on any atom is -0.465 e. The third kappa shape index (κ3) is 2.90. The third-order valence-electron chi connectivity index (χ3n) is 2.68. The van der Waals surface area contributed by atoms with Crippen LogP contribution in [0, 0.1) is 6.92 Å². The topological polar surface area (TPSA) is 38.3 Å². The van der Waals surface area contributed by atoms with Crippen LogP contribution in [-0.4, -0.2) is 13.1 Å². The fraction of sp³-hybridized carbons (Fsp3) is 0.214. The molecule has 3 nitrogen and oxygen atoms in total. The average molecular weight is 261 g/mol. The van der Waals surface area contributed by atoms with Gasteiger partial charge in [-0.25, -0.2) is 4.79 Å². The summed E-state index contributed by atoms with van der Waals surface area (Å²) in [5.41, 5.74) is 2.65. The van der Waals surface area contributed by atoms with Gasteiger partial charge in [0, 0.05) is 17.1 Å². The number of hydrogen-bond donors (Lipinski definition) is 1. The molecule has 1 heterocycles.